The van der Waals surface area contributed by atoms with Gasteiger partial charge >= 0.3 is 0 Å². The fourth-order valence-corrected chi connectivity index (χ4v) is 11.0. The largest absolute Gasteiger partial charge is 0.256 e. The van der Waals surface area contributed by atoms with Crippen LogP contribution in [0.5, 0.6) is 0 Å². The average molecular weight is 982 g/mol. The molecule has 3 heterocycles. The van der Waals surface area contributed by atoms with Crippen molar-refractivity contribution in [2.75, 3.05) is 0 Å². The number of nitriles is 2. The van der Waals surface area contributed by atoms with Gasteiger partial charge in [-0.3, -0.25) is 15.0 Å². The van der Waals surface area contributed by atoms with Gasteiger partial charge in [0.25, 0.3) is 0 Å². The first-order valence-electron chi connectivity index (χ1n) is 26.6. The van der Waals surface area contributed by atoms with Crippen LogP contribution in [0, 0.1) is 36.5 Å². The van der Waals surface area contributed by atoms with Crippen molar-refractivity contribution >= 4 is 0 Å². The first-order valence-corrected chi connectivity index (χ1v) is 26.6. The summed E-state index contributed by atoms with van der Waals surface area (Å²) in [5, 5.41) is 19.5. The van der Waals surface area contributed by atoms with Crippen LogP contribution in [0.25, 0.3) is 78.3 Å². The third-order valence-corrected chi connectivity index (χ3v) is 15.5. The normalized spacial score (nSPS) is 12.8. The third-order valence-electron chi connectivity index (χ3n) is 15.5. The maximum Gasteiger partial charge on any atom is 0.0992 e. The van der Waals surface area contributed by atoms with E-state index in [-0.39, 0.29) is 5.41 Å². The van der Waals surface area contributed by atoms with Gasteiger partial charge in [-0.15, -0.1) is 0 Å². The second-order valence-corrected chi connectivity index (χ2v) is 21.0. The van der Waals surface area contributed by atoms with Crippen molar-refractivity contribution in [1.29, 1.82) is 10.5 Å². The monoisotopic (exact) mass is 981 g/mol. The smallest absolute Gasteiger partial charge is 0.0992 e. The number of rotatable bonds is 14. The van der Waals surface area contributed by atoms with Crippen molar-refractivity contribution < 1.29 is 0 Å². The van der Waals surface area contributed by atoms with Gasteiger partial charge in [0.05, 0.1) is 40.3 Å². The molecule has 1 aliphatic rings. The summed E-state index contributed by atoms with van der Waals surface area (Å²) >= 11 is 0. The van der Waals surface area contributed by atoms with Gasteiger partial charge in [0, 0.05) is 35.3 Å². The summed E-state index contributed by atoms with van der Waals surface area (Å²) in [6.07, 6.45) is 14.5. The van der Waals surface area contributed by atoms with Crippen LogP contribution in [0.1, 0.15) is 82.7 Å². The minimum absolute atomic E-state index is 0.181. The second-order valence-electron chi connectivity index (χ2n) is 21.0. The van der Waals surface area contributed by atoms with E-state index >= 15 is 0 Å². The third kappa shape index (κ3) is 10.9. The van der Waals surface area contributed by atoms with Crippen molar-refractivity contribution in [1.82, 2.24) is 15.0 Å². The van der Waals surface area contributed by atoms with Crippen LogP contribution in [-0.4, -0.2) is 15.0 Å². The standard InChI is InChI=1S/C71H59N5/c1-48-10-31-68(74-45-48)58-20-16-50(17-21-58)12-14-52-36-53(15-13-51-18-22-59(23-19-51)69-32-11-49(2)46-75-69)39-62(38-52)64-8-4-5-9-65(64)66-30-28-60(70-33-29-63(47-76-70)71(3)34-6-7-35-71)42-67(66)57-26-24-56(25-27-57)61-40-54(43-72)37-55(41-61)44-73/h4-5,8-11,16-33,36-42,45-47H,6-7,12-15,34-35H2,1-3H3. The lowest BCUT2D eigenvalue weighted by Gasteiger charge is -2.23. The van der Waals surface area contributed by atoms with Crippen LogP contribution in [-0.2, 0) is 31.1 Å². The molecule has 0 aliphatic heterocycles. The summed E-state index contributed by atoms with van der Waals surface area (Å²) in [5.74, 6) is 0. The highest BCUT2D eigenvalue weighted by Gasteiger charge is 2.30. The van der Waals surface area contributed by atoms with E-state index in [9.17, 15) is 10.5 Å². The molecule has 0 unspecified atom stereocenters. The summed E-state index contributed by atoms with van der Waals surface area (Å²) in [5.41, 5.74) is 24.7. The molecule has 76 heavy (non-hydrogen) atoms. The Hall–Kier alpha value is -9.03. The van der Waals surface area contributed by atoms with Crippen LogP contribution in [0.3, 0.4) is 0 Å². The number of pyridine rings is 3. The molecule has 0 amide bonds. The Morgan fingerprint density at radius 1 is 0.382 bits per heavy atom. The molecule has 10 aromatic rings. The molecule has 11 rings (SSSR count). The van der Waals surface area contributed by atoms with E-state index < -0.39 is 0 Å². The number of aromatic nitrogens is 3. The molecule has 0 bridgehead atoms. The van der Waals surface area contributed by atoms with Crippen LogP contribution >= 0.6 is 0 Å². The Balaban J connectivity index is 0.964. The predicted octanol–water partition coefficient (Wildman–Crippen LogP) is 17.3. The highest BCUT2D eigenvalue weighted by atomic mass is 14.7. The first kappa shape index (κ1) is 49.2. The summed E-state index contributed by atoms with van der Waals surface area (Å²) < 4.78 is 0. The summed E-state index contributed by atoms with van der Waals surface area (Å²) in [6, 6.07) is 71.8. The van der Waals surface area contributed by atoms with Gasteiger partial charge < -0.3 is 0 Å². The van der Waals surface area contributed by atoms with E-state index in [4.69, 9.17) is 4.98 Å². The quantitative estimate of drug-likeness (QED) is 0.108. The molecule has 1 saturated carbocycles. The van der Waals surface area contributed by atoms with Crippen LogP contribution < -0.4 is 0 Å². The van der Waals surface area contributed by atoms with Gasteiger partial charge in [-0.1, -0.05) is 165 Å². The number of aryl methyl sites for hydroxylation is 6. The Kier molecular flexibility index (Phi) is 14.1. The maximum atomic E-state index is 9.77. The molecule has 3 aromatic heterocycles. The molecule has 0 spiro atoms. The Morgan fingerprint density at radius 2 is 0.855 bits per heavy atom. The number of hydrogen-bond donors (Lipinski definition) is 0. The maximum absolute atomic E-state index is 9.77. The van der Waals surface area contributed by atoms with Gasteiger partial charge in [-0.05, 0) is 184 Å². The lowest BCUT2D eigenvalue weighted by molar-refractivity contribution is 0.490. The summed E-state index contributed by atoms with van der Waals surface area (Å²) in [4.78, 5) is 14.4. The van der Waals surface area contributed by atoms with Gasteiger partial charge in [-0.25, -0.2) is 0 Å². The number of benzene rings is 7. The van der Waals surface area contributed by atoms with Gasteiger partial charge in [0.1, 0.15) is 0 Å². The zero-order chi connectivity index (χ0) is 52.0. The molecular formula is C71H59N5. The van der Waals surface area contributed by atoms with E-state index in [1.807, 2.05) is 24.5 Å². The van der Waals surface area contributed by atoms with Gasteiger partial charge in [0.15, 0.2) is 0 Å². The molecule has 0 atom stereocenters. The summed E-state index contributed by atoms with van der Waals surface area (Å²) in [7, 11) is 0. The van der Waals surface area contributed by atoms with E-state index in [2.05, 4.69) is 219 Å². The van der Waals surface area contributed by atoms with Gasteiger partial charge in [-0.2, -0.15) is 10.5 Å². The molecule has 1 fully saturated rings. The van der Waals surface area contributed by atoms with E-state index in [1.165, 1.54) is 64.6 Å². The molecule has 5 nitrogen and oxygen atoms in total. The van der Waals surface area contributed by atoms with E-state index in [0.717, 1.165) is 104 Å². The first-order chi connectivity index (χ1) is 37.2. The molecule has 7 aromatic carbocycles. The Bertz CT molecular complexity index is 3620. The molecule has 5 heteroatoms. The number of hydrogen-bond acceptors (Lipinski definition) is 5. The van der Waals surface area contributed by atoms with Crippen molar-refractivity contribution in [2.45, 2.75) is 77.6 Å². The van der Waals surface area contributed by atoms with Crippen LogP contribution in [0.4, 0.5) is 0 Å². The highest BCUT2D eigenvalue weighted by Crippen LogP contribution is 2.43. The minimum Gasteiger partial charge on any atom is -0.256 e. The van der Waals surface area contributed by atoms with E-state index in [1.54, 1.807) is 6.07 Å². The molecular weight excluding hydrogens is 923 g/mol. The summed E-state index contributed by atoms with van der Waals surface area (Å²) in [6.45, 7) is 6.52. The molecule has 0 saturated heterocycles. The molecule has 1 aliphatic carbocycles. The molecule has 368 valence electrons. The topological polar surface area (TPSA) is 86.2 Å². The van der Waals surface area contributed by atoms with Crippen molar-refractivity contribution in [3.63, 3.8) is 0 Å². The fourth-order valence-electron chi connectivity index (χ4n) is 11.0. The van der Waals surface area contributed by atoms with Crippen molar-refractivity contribution in [3.8, 4) is 90.4 Å². The highest BCUT2D eigenvalue weighted by molar-refractivity contribution is 5.94. The zero-order valence-corrected chi connectivity index (χ0v) is 43.5. The minimum atomic E-state index is 0.181. The SMILES string of the molecule is Cc1ccc(-c2ccc(CCc3cc(CCc4ccc(-c5ccc(C)cn5)cc4)cc(-c4ccccc4-c4ccc(-c5ccc(C6(C)CCCC6)cn5)cc4-c4ccc(-c5cc(C#N)cc(C#N)c5)cc4)c3)cc2)nc1. The average Bonchev–Trinajstić information content (AvgIpc) is 3.96. The van der Waals surface area contributed by atoms with Crippen molar-refractivity contribution in [2.24, 2.45) is 0 Å². The zero-order valence-electron chi connectivity index (χ0n) is 43.5. The van der Waals surface area contributed by atoms with Crippen LogP contribution in [0.15, 0.2) is 207 Å². The Labute approximate surface area is 447 Å². The van der Waals surface area contributed by atoms with E-state index in [0.29, 0.717) is 11.1 Å². The second kappa shape index (κ2) is 21.8. The molecule has 0 radical (unpaired) electrons. The molecule has 0 N–H and O–H groups in total. The lowest BCUT2D eigenvalue weighted by atomic mass is 9.82. The predicted molar refractivity (Wildman–Crippen MR) is 310 cm³/mol. The fraction of sp³-hybridized carbons (Fsp3) is 0.169. The Morgan fingerprint density at radius 3 is 1.38 bits per heavy atom. The van der Waals surface area contributed by atoms with Crippen LogP contribution in [0.2, 0.25) is 0 Å². The van der Waals surface area contributed by atoms with Gasteiger partial charge in [0.2, 0.25) is 0 Å². The number of nitrogens with zero attached hydrogens (tertiary/aromatic N) is 5. The lowest BCUT2D eigenvalue weighted by Crippen LogP contribution is -2.16. The van der Waals surface area contributed by atoms with Crippen molar-refractivity contribution in [3.05, 3.63) is 257 Å².